The van der Waals surface area contributed by atoms with Crippen molar-refractivity contribution in [2.24, 2.45) is 0 Å². The van der Waals surface area contributed by atoms with Crippen LogP contribution in [0.25, 0.3) is 22.3 Å². The van der Waals surface area contributed by atoms with E-state index in [2.05, 4.69) is 70.8 Å². The summed E-state index contributed by atoms with van der Waals surface area (Å²) >= 11 is 6.33. The van der Waals surface area contributed by atoms with Crippen LogP contribution < -0.4 is 20.1 Å². The molecule has 0 spiro atoms. The van der Waals surface area contributed by atoms with E-state index in [1.165, 1.54) is 11.1 Å². The summed E-state index contributed by atoms with van der Waals surface area (Å²) in [6, 6.07) is 43.7. The van der Waals surface area contributed by atoms with Gasteiger partial charge in [0.1, 0.15) is 23.7 Å². The number of rotatable bonds is 13. The molecule has 2 amide bonds. The first-order chi connectivity index (χ1) is 30.1. The maximum Gasteiger partial charge on any atom is 0.257 e. The second kappa shape index (κ2) is 19.8. The molecule has 0 unspecified atom stereocenters. The lowest BCUT2D eigenvalue weighted by atomic mass is 10.0. The molecule has 8 rings (SSSR count). The maximum absolute atomic E-state index is 13.5. The smallest absolute Gasteiger partial charge is 0.257 e. The first-order valence-electron chi connectivity index (χ1n) is 21.8. The minimum Gasteiger partial charge on any atom is -0.490 e. The summed E-state index contributed by atoms with van der Waals surface area (Å²) in [6.07, 6.45) is 5.29. The van der Waals surface area contributed by atoms with Gasteiger partial charge in [-0.2, -0.15) is 0 Å². The number of amides is 2. The number of ether oxygens (including phenoxy) is 2. The van der Waals surface area contributed by atoms with Crippen LogP contribution in [0.2, 0.25) is 5.02 Å². The highest BCUT2D eigenvalue weighted by Gasteiger charge is 2.22. The van der Waals surface area contributed by atoms with Crippen molar-refractivity contribution in [1.82, 2.24) is 9.80 Å². The summed E-state index contributed by atoms with van der Waals surface area (Å²) in [5.74, 6) is 1.40. The van der Waals surface area contributed by atoms with Gasteiger partial charge in [0.05, 0.1) is 10.6 Å². The third kappa shape index (κ3) is 11.1. The third-order valence-corrected chi connectivity index (χ3v) is 12.4. The van der Waals surface area contributed by atoms with E-state index in [1.807, 2.05) is 91.9 Å². The van der Waals surface area contributed by atoms with E-state index < -0.39 is 0 Å². The second-order valence-corrected chi connectivity index (χ2v) is 17.2. The molecule has 0 atom stereocenters. The molecule has 2 aliphatic rings. The Hall–Kier alpha value is -5.93. The van der Waals surface area contributed by atoms with Gasteiger partial charge in [0.2, 0.25) is 0 Å². The summed E-state index contributed by atoms with van der Waals surface area (Å²) in [5.41, 5.74) is 10.1. The van der Waals surface area contributed by atoms with Gasteiger partial charge in [0.15, 0.2) is 0 Å². The van der Waals surface area contributed by atoms with Crippen LogP contribution in [0, 0.1) is 13.8 Å². The van der Waals surface area contributed by atoms with Crippen molar-refractivity contribution in [3.63, 3.8) is 0 Å². The molecule has 318 valence electrons. The normalized spacial score (nSPS) is 15.2. The number of likely N-dealkylation sites (tertiary alicyclic amines) is 2. The van der Waals surface area contributed by atoms with Gasteiger partial charge in [-0.1, -0.05) is 72.3 Å². The Morgan fingerprint density at radius 1 is 0.613 bits per heavy atom. The number of halogens is 1. The number of hydrogen-bond acceptors (Lipinski definition) is 6. The maximum atomic E-state index is 13.5. The molecule has 2 heterocycles. The van der Waals surface area contributed by atoms with Gasteiger partial charge < -0.3 is 29.9 Å². The molecule has 2 aliphatic heterocycles. The molecule has 0 aliphatic carbocycles. The fourth-order valence-corrected chi connectivity index (χ4v) is 8.63. The summed E-state index contributed by atoms with van der Waals surface area (Å²) in [6.45, 7) is 9.04. The van der Waals surface area contributed by atoms with Crippen molar-refractivity contribution >= 4 is 34.8 Å². The van der Waals surface area contributed by atoms with Crippen molar-refractivity contribution in [1.29, 1.82) is 0 Å². The van der Waals surface area contributed by atoms with Gasteiger partial charge in [-0.05, 0) is 165 Å². The first-order valence-corrected chi connectivity index (χ1v) is 22.1. The summed E-state index contributed by atoms with van der Waals surface area (Å²) in [7, 11) is 2.16. The number of anilines is 2. The van der Waals surface area contributed by atoms with Gasteiger partial charge in [-0.15, -0.1) is 0 Å². The molecule has 0 bridgehead atoms. The summed E-state index contributed by atoms with van der Waals surface area (Å²) < 4.78 is 12.7. The monoisotopic (exact) mass is 846 g/mol. The zero-order chi connectivity index (χ0) is 43.0. The lowest BCUT2D eigenvalue weighted by molar-refractivity contribution is 0.101. The lowest BCUT2D eigenvalue weighted by Crippen LogP contribution is -2.39. The average Bonchev–Trinajstić information content (AvgIpc) is 3.28. The number of nitrogens with zero attached hydrogens (tertiary/aromatic N) is 2. The van der Waals surface area contributed by atoms with Crippen molar-refractivity contribution in [3.05, 3.63) is 166 Å². The molecule has 9 heteroatoms. The molecular weight excluding hydrogens is 792 g/mol. The number of carbonyl (C=O) groups excluding carboxylic acids is 2. The highest BCUT2D eigenvalue weighted by molar-refractivity contribution is 6.34. The number of piperidine rings is 2. The van der Waals surface area contributed by atoms with E-state index in [0.29, 0.717) is 21.8 Å². The van der Waals surface area contributed by atoms with Gasteiger partial charge >= 0.3 is 0 Å². The van der Waals surface area contributed by atoms with E-state index in [-0.39, 0.29) is 24.0 Å². The van der Waals surface area contributed by atoms with Crippen molar-refractivity contribution in [2.45, 2.75) is 58.2 Å². The number of hydrogen-bond donors (Lipinski definition) is 2. The van der Waals surface area contributed by atoms with Crippen molar-refractivity contribution < 1.29 is 19.1 Å². The number of nitrogens with one attached hydrogen (secondary N) is 2. The fourth-order valence-electron chi connectivity index (χ4n) is 8.31. The van der Waals surface area contributed by atoms with Crippen molar-refractivity contribution in [2.75, 3.05) is 50.4 Å². The van der Waals surface area contributed by atoms with E-state index in [0.717, 1.165) is 110 Å². The number of aryl methyl sites for hydroxylation is 2. The van der Waals surface area contributed by atoms with E-state index >= 15 is 0 Å². The summed E-state index contributed by atoms with van der Waals surface area (Å²) in [5, 5.41) is 6.54. The van der Waals surface area contributed by atoms with E-state index in [1.54, 1.807) is 12.1 Å². The first kappa shape index (κ1) is 42.7. The molecule has 6 aromatic carbocycles. The molecule has 6 aromatic rings. The van der Waals surface area contributed by atoms with Crippen LogP contribution in [-0.4, -0.2) is 73.6 Å². The predicted molar refractivity (Wildman–Crippen MR) is 252 cm³/mol. The molecule has 62 heavy (non-hydrogen) atoms. The molecule has 0 radical (unpaired) electrons. The second-order valence-electron chi connectivity index (χ2n) is 16.8. The number of benzene rings is 6. The van der Waals surface area contributed by atoms with E-state index in [4.69, 9.17) is 21.1 Å². The van der Waals surface area contributed by atoms with E-state index in [9.17, 15) is 9.59 Å². The van der Waals surface area contributed by atoms with Crippen LogP contribution in [0.1, 0.15) is 63.1 Å². The molecule has 0 aromatic heterocycles. The Balaban J connectivity index is 0.792. The molecule has 2 saturated heterocycles. The lowest BCUT2D eigenvalue weighted by Gasteiger charge is -2.32. The Labute approximate surface area is 370 Å². The highest BCUT2D eigenvalue weighted by atomic mass is 35.5. The van der Waals surface area contributed by atoms with Crippen LogP contribution >= 0.6 is 11.6 Å². The zero-order valence-corrected chi connectivity index (χ0v) is 36.6. The van der Waals surface area contributed by atoms with Crippen LogP contribution in [0.5, 0.6) is 11.5 Å². The Kier molecular flexibility index (Phi) is 13.7. The molecule has 0 saturated carbocycles. The highest BCUT2D eigenvalue weighted by Crippen LogP contribution is 2.29. The fraction of sp³-hybridized carbons (Fsp3) is 0.283. The minimum atomic E-state index is -0.239. The Bertz CT molecular complexity index is 2490. The van der Waals surface area contributed by atoms with Gasteiger partial charge in [0, 0.05) is 49.7 Å². The Morgan fingerprint density at radius 3 is 1.73 bits per heavy atom. The SMILES string of the molecule is Cc1ccc(C(=O)Nc2cccc(-c3ccc(OC4CCN(CCc5cc(C(=O)Nc6cccc(-c7ccc(OC8CCN(C)CC8)cc7)c6)ccc5C)CC4)cc3)c2)c(Cl)c1. The molecule has 2 fully saturated rings. The van der Waals surface area contributed by atoms with Crippen molar-refractivity contribution in [3.8, 4) is 33.8 Å². The number of carbonyl (C=O) groups is 2. The molecule has 2 N–H and O–H groups in total. The van der Waals surface area contributed by atoms with Gasteiger partial charge in [-0.25, -0.2) is 0 Å². The molecule has 8 nitrogen and oxygen atoms in total. The van der Waals surface area contributed by atoms with Gasteiger partial charge in [0.25, 0.3) is 11.8 Å². The van der Waals surface area contributed by atoms with Crippen LogP contribution in [0.4, 0.5) is 11.4 Å². The standard InChI is InChI=1S/C53H55ClN4O4/c1-36-10-21-50(51(54)32-36)53(60)56-45-9-5-7-42(35-45)39-15-19-47(20-16-39)62-49-25-30-58(31-26-49)29-22-40-33-43(12-11-37(40)2)52(59)55-44-8-4-6-41(34-44)38-13-17-46(18-14-38)61-48-23-27-57(3)28-24-48/h4-21,32-35,48-49H,22-31H2,1-3H3,(H,55,59)(H,56,60). The quantitative estimate of drug-likeness (QED) is 0.120. The Morgan fingerprint density at radius 2 is 1.16 bits per heavy atom. The third-order valence-electron chi connectivity index (χ3n) is 12.1. The zero-order valence-electron chi connectivity index (χ0n) is 35.8. The van der Waals surface area contributed by atoms with Crippen LogP contribution in [0.15, 0.2) is 133 Å². The van der Waals surface area contributed by atoms with Crippen LogP contribution in [-0.2, 0) is 6.42 Å². The largest absolute Gasteiger partial charge is 0.490 e. The topological polar surface area (TPSA) is 83.1 Å². The molecular formula is C53H55ClN4O4. The minimum absolute atomic E-state index is 0.113. The van der Waals surface area contributed by atoms with Crippen LogP contribution in [0.3, 0.4) is 0 Å². The summed E-state index contributed by atoms with van der Waals surface area (Å²) in [4.78, 5) is 31.2. The predicted octanol–water partition coefficient (Wildman–Crippen LogP) is 11.4. The average molecular weight is 847 g/mol. The van der Waals surface area contributed by atoms with Gasteiger partial charge in [-0.3, -0.25) is 9.59 Å².